The molecule has 4 aromatic rings. The van der Waals surface area contributed by atoms with Gasteiger partial charge in [0.05, 0.1) is 23.3 Å². The molecule has 6 rings (SSSR count). The number of furan rings is 1. The monoisotopic (exact) mass is 395 g/mol. The lowest BCUT2D eigenvalue weighted by atomic mass is 9.79. The first-order chi connectivity index (χ1) is 14.7. The second kappa shape index (κ2) is 6.46. The molecule has 2 aromatic heterocycles. The predicted octanol–water partition coefficient (Wildman–Crippen LogP) is 5.35. The molecule has 0 radical (unpaired) electrons. The van der Waals surface area contributed by atoms with Crippen molar-refractivity contribution in [1.82, 2.24) is 9.55 Å². The summed E-state index contributed by atoms with van der Waals surface area (Å²) < 4.78 is 7.81. The molecule has 0 saturated carbocycles. The van der Waals surface area contributed by atoms with Gasteiger partial charge < -0.3 is 9.73 Å². The number of hydrogen-bond donors (Lipinski definition) is 1. The molecule has 0 saturated heterocycles. The molecule has 2 aliphatic rings. The minimum atomic E-state index is -0.185. The van der Waals surface area contributed by atoms with Crippen molar-refractivity contribution in [2.75, 3.05) is 5.32 Å². The smallest absolute Gasteiger partial charge is 0.209 e. The van der Waals surface area contributed by atoms with Crippen LogP contribution in [-0.2, 0) is 4.79 Å². The summed E-state index contributed by atoms with van der Waals surface area (Å²) in [5.74, 6) is 1.87. The fraction of sp³-hybridized carbons (Fsp3) is 0.200. The lowest BCUT2D eigenvalue weighted by Crippen LogP contribution is -2.33. The standard InChI is InChI=1S/C25H21N3O2/c1-15-7-2-3-8-17(15)24-23-19(13-16(14-21(23)29)22-11-6-12-30-22)27-25-26-18-9-4-5-10-20(18)28(24)25/h2-12,16,24H,13-14H2,1H3,(H,26,27)/t16-,24-/m1/s1. The van der Waals surface area contributed by atoms with Crippen LogP contribution < -0.4 is 5.32 Å². The molecular formula is C25H21N3O2. The molecule has 1 aliphatic carbocycles. The van der Waals surface area contributed by atoms with Gasteiger partial charge in [-0.15, -0.1) is 0 Å². The average Bonchev–Trinajstić information content (AvgIpc) is 3.40. The third-order valence-corrected chi connectivity index (χ3v) is 6.33. The van der Waals surface area contributed by atoms with E-state index < -0.39 is 0 Å². The Bertz CT molecular complexity index is 1310. The molecule has 5 heteroatoms. The predicted molar refractivity (Wildman–Crippen MR) is 115 cm³/mol. The van der Waals surface area contributed by atoms with Gasteiger partial charge in [0.2, 0.25) is 5.95 Å². The molecule has 30 heavy (non-hydrogen) atoms. The normalized spacial score (nSPS) is 20.8. The molecule has 0 fully saturated rings. The number of aryl methyl sites for hydroxylation is 1. The maximum atomic E-state index is 13.5. The SMILES string of the molecule is Cc1ccccc1[C@@H]1C2=C(C[C@@H](c3ccco3)CC2=O)Nc2nc3ccccc3n21. The quantitative estimate of drug-likeness (QED) is 0.497. The first-order valence-corrected chi connectivity index (χ1v) is 10.3. The summed E-state index contributed by atoms with van der Waals surface area (Å²) in [4.78, 5) is 18.4. The molecule has 0 bridgehead atoms. The second-order valence-corrected chi connectivity index (χ2v) is 8.11. The molecular weight excluding hydrogens is 374 g/mol. The summed E-state index contributed by atoms with van der Waals surface area (Å²) >= 11 is 0. The van der Waals surface area contributed by atoms with Gasteiger partial charge in [0.25, 0.3) is 0 Å². The van der Waals surface area contributed by atoms with Gasteiger partial charge in [0.1, 0.15) is 5.76 Å². The molecule has 148 valence electrons. The third kappa shape index (κ3) is 2.48. The number of aromatic nitrogens is 2. The molecule has 0 amide bonds. The second-order valence-electron chi connectivity index (χ2n) is 8.11. The Morgan fingerprint density at radius 3 is 2.70 bits per heavy atom. The largest absolute Gasteiger partial charge is 0.469 e. The number of para-hydroxylation sites is 2. The van der Waals surface area contributed by atoms with Gasteiger partial charge >= 0.3 is 0 Å². The van der Waals surface area contributed by atoms with Crippen molar-refractivity contribution < 1.29 is 9.21 Å². The highest BCUT2D eigenvalue weighted by Gasteiger charge is 2.40. The number of benzene rings is 2. The number of fused-ring (bicyclic) bond motifs is 3. The lowest BCUT2D eigenvalue weighted by Gasteiger charge is -2.36. The number of ketones is 1. The topological polar surface area (TPSA) is 60.1 Å². The number of Topliss-reactive ketones (excluding diaryl/α,β-unsaturated/α-hetero) is 1. The summed E-state index contributed by atoms with van der Waals surface area (Å²) in [6, 6.07) is 20.1. The van der Waals surface area contributed by atoms with Crippen molar-refractivity contribution in [3.63, 3.8) is 0 Å². The first-order valence-electron chi connectivity index (χ1n) is 10.3. The van der Waals surface area contributed by atoms with Gasteiger partial charge in [-0.2, -0.15) is 0 Å². The average molecular weight is 395 g/mol. The van der Waals surface area contributed by atoms with E-state index >= 15 is 0 Å². The zero-order valence-corrected chi connectivity index (χ0v) is 16.6. The Morgan fingerprint density at radius 2 is 1.87 bits per heavy atom. The van der Waals surface area contributed by atoms with E-state index in [1.54, 1.807) is 6.26 Å². The maximum Gasteiger partial charge on any atom is 0.209 e. The first kappa shape index (κ1) is 17.3. The van der Waals surface area contributed by atoms with Crippen LogP contribution in [0.25, 0.3) is 11.0 Å². The highest BCUT2D eigenvalue weighted by Crippen LogP contribution is 2.46. The third-order valence-electron chi connectivity index (χ3n) is 6.33. The van der Waals surface area contributed by atoms with Crippen LogP contribution in [0.2, 0.25) is 0 Å². The molecule has 5 nitrogen and oxygen atoms in total. The Labute approximate surface area is 174 Å². The van der Waals surface area contributed by atoms with Crippen molar-refractivity contribution in [2.24, 2.45) is 0 Å². The van der Waals surface area contributed by atoms with E-state index in [1.807, 2.05) is 42.5 Å². The number of carbonyl (C=O) groups excluding carboxylic acids is 1. The zero-order chi connectivity index (χ0) is 20.2. The number of rotatable bonds is 2. The van der Waals surface area contributed by atoms with E-state index in [9.17, 15) is 4.79 Å². The van der Waals surface area contributed by atoms with Crippen LogP contribution >= 0.6 is 0 Å². The number of imidazole rings is 1. The van der Waals surface area contributed by atoms with Crippen molar-refractivity contribution in [1.29, 1.82) is 0 Å². The Kier molecular flexibility index (Phi) is 3.72. The Morgan fingerprint density at radius 1 is 1.03 bits per heavy atom. The summed E-state index contributed by atoms with van der Waals surface area (Å²) in [6.45, 7) is 2.11. The number of nitrogens with one attached hydrogen (secondary N) is 1. The highest BCUT2D eigenvalue weighted by molar-refractivity contribution is 6.01. The molecule has 2 atom stereocenters. The number of carbonyl (C=O) groups is 1. The number of nitrogens with zero attached hydrogens (tertiary/aromatic N) is 2. The molecule has 2 aromatic carbocycles. The van der Waals surface area contributed by atoms with E-state index in [2.05, 4.69) is 35.0 Å². The van der Waals surface area contributed by atoms with Crippen molar-refractivity contribution >= 4 is 22.8 Å². The van der Waals surface area contributed by atoms with Crippen LogP contribution in [-0.4, -0.2) is 15.3 Å². The molecule has 1 aliphatic heterocycles. The summed E-state index contributed by atoms with van der Waals surface area (Å²) in [5, 5.41) is 3.50. The van der Waals surface area contributed by atoms with Gasteiger partial charge in [0.15, 0.2) is 5.78 Å². The van der Waals surface area contributed by atoms with Gasteiger partial charge in [-0.05, 0) is 48.7 Å². The fourth-order valence-corrected chi connectivity index (χ4v) is 4.94. The highest BCUT2D eigenvalue weighted by atomic mass is 16.3. The molecule has 0 unspecified atom stereocenters. The minimum Gasteiger partial charge on any atom is -0.469 e. The van der Waals surface area contributed by atoms with E-state index in [0.29, 0.717) is 6.42 Å². The van der Waals surface area contributed by atoms with Gasteiger partial charge in [0, 0.05) is 23.6 Å². The van der Waals surface area contributed by atoms with Crippen LogP contribution in [0.3, 0.4) is 0 Å². The Balaban J connectivity index is 1.58. The van der Waals surface area contributed by atoms with Gasteiger partial charge in [-0.3, -0.25) is 9.36 Å². The van der Waals surface area contributed by atoms with Crippen molar-refractivity contribution in [3.8, 4) is 0 Å². The number of allylic oxidation sites excluding steroid dienone is 2. The minimum absolute atomic E-state index is 0.0483. The number of anilines is 1. The summed E-state index contributed by atoms with van der Waals surface area (Å²) in [5.41, 5.74) is 6.07. The van der Waals surface area contributed by atoms with Crippen LogP contribution in [0, 0.1) is 6.92 Å². The van der Waals surface area contributed by atoms with Crippen molar-refractivity contribution in [2.45, 2.75) is 31.7 Å². The summed E-state index contributed by atoms with van der Waals surface area (Å²) in [7, 11) is 0. The van der Waals surface area contributed by atoms with Crippen LogP contribution in [0.4, 0.5) is 5.95 Å². The maximum absolute atomic E-state index is 13.5. The van der Waals surface area contributed by atoms with Crippen molar-refractivity contribution in [3.05, 3.63) is 95.1 Å². The van der Waals surface area contributed by atoms with E-state index in [4.69, 9.17) is 9.40 Å². The molecule has 1 N–H and O–H groups in total. The zero-order valence-electron chi connectivity index (χ0n) is 16.6. The molecule has 0 spiro atoms. The van der Waals surface area contributed by atoms with E-state index in [1.165, 1.54) is 5.56 Å². The van der Waals surface area contributed by atoms with Crippen LogP contribution in [0.1, 0.15) is 41.7 Å². The van der Waals surface area contributed by atoms with E-state index in [0.717, 1.165) is 46.0 Å². The summed E-state index contributed by atoms with van der Waals surface area (Å²) in [6.07, 6.45) is 2.87. The Hall–Kier alpha value is -3.60. The van der Waals surface area contributed by atoms with Gasteiger partial charge in [-0.25, -0.2) is 4.98 Å². The van der Waals surface area contributed by atoms with E-state index in [-0.39, 0.29) is 17.7 Å². The lowest BCUT2D eigenvalue weighted by molar-refractivity contribution is -0.116. The van der Waals surface area contributed by atoms with Crippen LogP contribution in [0.15, 0.2) is 82.6 Å². The van der Waals surface area contributed by atoms with Crippen LogP contribution in [0.5, 0.6) is 0 Å². The molecule has 3 heterocycles. The van der Waals surface area contributed by atoms with Gasteiger partial charge in [-0.1, -0.05) is 36.4 Å². The number of hydrogen-bond acceptors (Lipinski definition) is 4. The fourth-order valence-electron chi connectivity index (χ4n) is 4.94.